The lowest BCUT2D eigenvalue weighted by molar-refractivity contribution is -0.385. The van der Waals surface area contributed by atoms with Crippen LogP contribution in [0.25, 0.3) is 0 Å². The van der Waals surface area contributed by atoms with Crippen molar-refractivity contribution in [2.75, 3.05) is 18.0 Å². The summed E-state index contributed by atoms with van der Waals surface area (Å²) in [7, 11) is 0. The Morgan fingerprint density at radius 1 is 0.964 bits per heavy atom. The summed E-state index contributed by atoms with van der Waals surface area (Å²) in [5, 5.41) is 24.6. The van der Waals surface area contributed by atoms with E-state index in [1.54, 1.807) is 6.07 Å². The maximum atomic E-state index is 12.1. The van der Waals surface area contributed by atoms with Crippen LogP contribution in [0.15, 0.2) is 48.5 Å². The highest BCUT2D eigenvalue weighted by molar-refractivity contribution is 5.98. The average Bonchev–Trinajstić information content (AvgIpc) is 2.70. The number of rotatable bonds is 10. The SMILES string of the molecule is O=CN(CCCCNC(=O)c1ccccc1[N+](=O)[O-])c1ccccc1[N+](=O)[O-]. The van der Waals surface area contributed by atoms with Crippen molar-refractivity contribution in [3.63, 3.8) is 0 Å². The zero-order valence-corrected chi connectivity index (χ0v) is 14.8. The molecule has 0 bridgehead atoms. The fraction of sp³-hybridized carbons (Fsp3) is 0.222. The minimum absolute atomic E-state index is 0.0260. The topological polar surface area (TPSA) is 136 Å². The molecule has 28 heavy (non-hydrogen) atoms. The van der Waals surface area contributed by atoms with Gasteiger partial charge >= 0.3 is 0 Å². The second-order valence-electron chi connectivity index (χ2n) is 5.78. The molecule has 0 spiro atoms. The number of unbranched alkanes of at least 4 members (excludes halogenated alkanes) is 1. The van der Waals surface area contributed by atoms with Gasteiger partial charge in [0.15, 0.2) is 0 Å². The summed E-state index contributed by atoms with van der Waals surface area (Å²) in [6.07, 6.45) is 1.48. The normalized spacial score (nSPS) is 10.1. The van der Waals surface area contributed by atoms with E-state index in [4.69, 9.17) is 0 Å². The van der Waals surface area contributed by atoms with Gasteiger partial charge in [-0.1, -0.05) is 24.3 Å². The molecule has 2 rings (SSSR count). The number of benzene rings is 2. The number of amides is 2. The van der Waals surface area contributed by atoms with Gasteiger partial charge in [-0.15, -0.1) is 0 Å². The predicted molar refractivity (Wildman–Crippen MR) is 101 cm³/mol. The quantitative estimate of drug-likeness (QED) is 0.288. The van der Waals surface area contributed by atoms with Crippen molar-refractivity contribution in [3.05, 3.63) is 74.3 Å². The minimum Gasteiger partial charge on any atom is -0.352 e. The van der Waals surface area contributed by atoms with Gasteiger partial charge in [-0.2, -0.15) is 0 Å². The van der Waals surface area contributed by atoms with Crippen LogP contribution >= 0.6 is 0 Å². The number of nitrogens with one attached hydrogen (secondary N) is 1. The Kier molecular flexibility index (Phi) is 7.14. The van der Waals surface area contributed by atoms with Gasteiger partial charge in [0.2, 0.25) is 6.41 Å². The van der Waals surface area contributed by atoms with Crippen LogP contribution in [-0.2, 0) is 4.79 Å². The van der Waals surface area contributed by atoms with Crippen LogP contribution in [0.4, 0.5) is 17.1 Å². The minimum atomic E-state index is -0.621. The van der Waals surface area contributed by atoms with Crippen LogP contribution in [0.2, 0.25) is 0 Å². The molecule has 0 saturated heterocycles. The first kappa shape index (κ1) is 20.5. The van der Waals surface area contributed by atoms with Crippen LogP contribution in [0.5, 0.6) is 0 Å². The predicted octanol–water partition coefficient (Wildman–Crippen LogP) is 2.68. The molecule has 0 aromatic heterocycles. The lowest BCUT2D eigenvalue weighted by Crippen LogP contribution is -2.27. The molecule has 0 aliphatic rings. The summed E-state index contributed by atoms with van der Waals surface area (Å²) >= 11 is 0. The number of carbonyl (C=O) groups excluding carboxylic acids is 2. The molecule has 0 aliphatic carbocycles. The standard InChI is InChI=1S/C18H18N4O6/c23-13-20(16-9-3-4-10-17(16)22(27)28)12-6-5-11-19-18(24)14-7-1-2-8-15(14)21(25)26/h1-4,7-10,13H,5-6,11-12H2,(H,19,24). The zero-order chi connectivity index (χ0) is 20.5. The molecule has 0 atom stereocenters. The Morgan fingerprint density at radius 2 is 1.57 bits per heavy atom. The molecule has 0 unspecified atom stereocenters. The smallest absolute Gasteiger partial charge is 0.292 e. The van der Waals surface area contributed by atoms with E-state index in [0.29, 0.717) is 19.3 Å². The molecule has 0 aliphatic heterocycles. The molecule has 10 nitrogen and oxygen atoms in total. The second kappa shape index (κ2) is 9.76. The number of nitro benzene ring substituents is 2. The summed E-state index contributed by atoms with van der Waals surface area (Å²) in [6, 6.07) is 11.6. The molecule has 2 aromatic carbocycles. The molecule has 2 aromatic rings. The van der Waals surface area contributed by atoms with E-state index in [1.807, 2.05) is 0 Å². The van der Waals surface area contributed by atoms with E-state index < -0.39 is 15.8 Å². The molecule has 0 saturated carbocycles. The van der Waals surface area contributed by atoms with Gasteiger partial charge in [-0.3, -0.25) is 29.8 Å². The monoisotopic (exact) mass is 386 g/mol. The maximum absolute atomic E-state index is 12.1. The van der Waals surface area contributed by atoms with Crippen LogP contribution in [0, 0.1) is 20.2 Å². The van der Waals surface area contributed by atoms with E-state index in [-0.39, 0.29) is 35.7 Å². The van der Waals surface area contributed by atoms with Crippen LogP contribution in [0.1, 0.15) is 23.2 Å². The molecule has 2 amide bonds. The van der Waals surface area contributed by atoms with Crippen molar-refractivity contribution in [1.82, 2.24) is 5.32 Å². The number of nitrogens with zero attached hydrogens (tertiary/aromatic N) is 3. The van der Waals surface area contributed by atoms with Crippen LogP contribution in [-0.4, -0.2) is 35.3 Å². The number of hydrogen-bond acceptors (Lipinski definition) is 6. The third-order valence-corrected chi connectivity index (χ3v) is 3.97. The summed E-state index contributed by atoms with van der Waals surface area (Å²) in [6.45, 7) is 0.476. The third kappa shape index (κ3) is 5.10. The summed E-state index contributed by atoms with van der Waals surface area (Å²) in [5.41, 5.74) is -0.267. The fourth-order valence-electron chi connectivity index (χ4n) is 2.62. The number of para-hydroxylation sites is 3. The van der Waals surface area contributed by atoms with Gasteiger partial charge in [-0.25, -0.2) is 0 Å². The van der Waals surface area contributed by atoms with Gasteiger partial charge in [-0.05, 0) is 25.0 Å². The van der Waals surface area contributed by atoms with Gasteiger partial charge in [0.25, 0.3) is 17.3 Å². The van der Waals surface area contributed by atoms with Crippen molar-refractivity contribution in [3.8, 4) is 0 Å². The maximum Gasteiger partial charge on any atom is 0.292 e. The second-order valence-corrected chi connectivity index (χ2v) is 5.78. The molecule has 0 radical (unpaired) electrons. The van der Waals surface area contributed by atoms with Crippen LogP contribution in [0.3, 0.4) is 0 Å². The highest BCUT2D eigenvalue weighted by Crippen LogP contribution is 2.26. The first-order valence-electron chi connectivity index (χ1n) is 8.42. The Morgan fingerprint density at radius 3 is 2.21 bits per heavy atom. The summed E-state index contributed by atoms with van der Waals surface area (Å²) in [5.74, 6) is -0.557. The summed E-state index contributed by atoms with van der Waals surface area (Å²) in [4.78, 5) is 45.5. The Labute approximate surface area is 160 Å². The molecular weight excluding hydrogens is 368 g/mol. The van der Waals surface area contributed by atoms with Gasteiger partial charge < -0.3 is 10.2 Å². The Balaban J connectivity index is 1.87. The van der Waals surface area contributed by atoms with Gasteiger partial charge in [0, 0.05) is 25.2 Å². The van der Waals surface area contributed by atoms with E-state index in [0.717, 1.165) is 0 Å². The number of carbonyl (C=O) groups is 2. The average molecular weight is 386 g/mol. The lowest BCUT2D eigenvalue weighted by Gasteiger charge is -2.17. The first-order valence-corrected chi connectivity index (χ1v) is 8.42. The summed E-state index contributed by atoms with van der Waals surface area (Å²) < 4.78 is 0. The number of nitro groups is 2. The lowest BCUT2D eigenvalue weighted by atomic mass is 10.1. The zero-order valence-electron chi connectivity index (χ0n) is 14.8. The van der Waals surface area contributed by atoms with Gasteiger partial charge in [0.05, 0.1) is 9.85 Å². The van der Waals surface area contributed by atoms with Crippen molar-refractivity contribution < 1.29 is 19.4 Å². The van der Waals surface area contributed by atoms with Crippen molar-refractivity contribution in [2.24, 2.45) is 0 Å². The Hall–Kier alpha value is -3.82. The molecular formula is C18H18N4O6. The third-order valence-electron chi connectivity index (χ3n) is 3.97. The Bertz CT molecular complexity index is 886. The van der Waals surface area contributed by atoms with E-state index in [2.05, 4.69) is 5.32 Å². The largest absolute Gasteiger partial charge is 0.352 e. The molecule has 10 heteroatoms. The van der Waals surface area contributed by atoms with E-state index in [1.165, 1.54) is 47.4 Å². The fourth-order valence-corrected chi connectivity index (χ4v) is 2.62. The number of hydrogen-bond donors (Lipinski definition) is 1. The van der Waals surface area contributed by atoms with Crippen molar-refractivity contribution >= 4 is 29.4 Å². The first-order chi connectivity index (χ1) is 13.5. The van der Waals surface area contributed by atoms with E-state index >= 15 is 0 Å². The molecule has 0 heterocycles. The van der Waals surface area contributed by atoms with Crippen molar-refractivity contribution in [2.45, 2.75) is 12.8 Å². The molecule has 0 fully saturated rings. The highest BCUT2D eigenvalue weighted by atomic mass is 16.6. The highest BCUT2D eigenvalue weighted by Gasteiger charge is 2.19. The molecule has 146 valence electrons. The van der Waals surface area contributed by atoms with E-state index in [9.17, 15) is 29.8 Å². The van der Waals surface area contributed by atoms with Gasteiger partial charge in [0.1, 0.15) is 11.3 Å². The van der Waals surface area contributed by atoms with Crippen molar-refractivity contribution in [1.29, 1.82) is 0 Å². The van der Waals surface area contributed by atoms with Crippen LogP contribution < -0.4 is 10.2 Å². The number of anilines is 1. The molecule has 1 N–H and O–H groups in total.